The normalized spacial score (nSPS) is 11.8. The van der Waals surface area contributed by atoms with Crippen LogP contribution in [0.3, 0.4) is 0 Å². The summed E-state index contributed by atoms with van der Waals surface area (Å²) in [4.78, 5) is 22.8. The van der Waals surface area contributed by atoms with Gasteiger partial charge < -0.3 is 25.6 Å². The van der Waals surface area contributed by atoms with E-state index in [4.69, 9.17) is 26.6 Å². The molecule has 0 aliphatic rings. The summed E-state index contributed by atoms with van der Waals surface area (Å²) in [6.45, 7) is -0.113. The van der Waals surface area contributed by atoms with Gasteiger partial charge in [0.15, 0.2) is 0 Å². The van der Waals surface area contributed by atoms with E-state index in [1.54, 1.807) is 12.1 Å². The Morgan fingerprint density at radius 3 is 2.67 bits per heavy atom. The number of aliphatic hydroxyl groups is 1. The summed E-state index contributed by atoms with van der Waals surface area (Å²) in [7, 11) is 1.48. The smallest absolute Gasteiger partial charge is 0.321 e. The molecule has 7 nitrogen and oxygen atoms in total. The van der Waals surface area contributed by atoms with E-state index in [-0.39, 0.29) is 19.6 Å². The van der Waals surface area contributed by atoms with Crippen LogP contribution in [0.25, 0.3) is 0 Å². The van der Waals surface area contributed by atoms with Gasteiger partial charge >= 0.3 is 5.97 Å². The van der Waals surface area contributed by atoms with Crippen LogP contribution in [0.2, 0.25) is 5.02 Å². The molecule has 1 rings (SSSR count). The Balaban J connectivity index is 2.63. The first-order valence-corrected chi connectivity index (χ1v) is 6.56. The number of halogens is 1. The van der Waals surface area contributed by atoms with Crippen molar-refractivity contribution in [3.05, 3.63) is 23.2 Å². The Bertz CT molecular complexity index is 509. The maximum Gasteiger partial charge on any atom is 0.321 e. The number of aliphatic carboxylic acids is 1. The quantitative estimate of drug-likeness (QED) is 0.562. The fraction of sp³-hybridized carbons (Fsp3) is 0.385. The molecule has 1 aromatic carbocycles. The van der Waals surface area contributed by atoms with Gasteiger partial charge in [-0.05, 0) is 18.2 Å². The highest BCUT2D eigenvalue weighted by Crippen LogP contribution is 2.27. The average Bonchev–Trinajstić information content (AvgIpc) is 2.43. The van der Waals surface area contributed by atoms with Crippen molar-refractivity contribution in [2.45, 2.75) is 12.5 Å². The number of ether oxygens (including phenoxy) is 1. The molecule has 0 bridgehead atoms. The van der Waals surface area contributed by atoms with Crippen LogP contribution in [-0.4, -0.2) is 48.4 Å². The number of carbonyl (C=O) groups excluding carboxylic acids is 1. The fourth-order valence-corrected chi connectivity index (χ4v) is 1.88. The van der Waals surface area contributed by atoms with Crippen LogP contribution in [0.5, 0.6) is 5.75 Å². The van der Waals surface area contributed by atoms with E-state index >= 15 is 0 Å². The predicted octanol–water partition coefficient (Wildman–Crippen LogP) is 0.712. The molecule has 116 valence electrons. The van der Waals surface area contributed by atoms with Crippen molar-refractivity contribution in [1.82, 2.24) is 5.32 Å². The van der Waals surface area contributed by atoms with Gasteiger partial charge in [-0.3, -0.25) is 9.59 Å². The van der Waals surface area contributed by atoms with Gasteiger partial charge in [0, 0.05) is 12.2 Å². The van der Waals surface area contributed by atoms with E-state index in [1.165, 1.54) is 13.2 Å². The number of methoxy groups -OCH3 is 1. The number of carboxylic acids is 1. The topological polar surface area (TPSA) is 108 Å². The number of benzene rings is 1. The lowest BCUT2D eigenvalue weighted by molar-refractivity contribution is -0.141. The molecule has 0 radical (unpaired) electrons. The summed E-state index contributed by atoms with van der Waals surface area (Å²) in [6, 6.07) is 3.64. The molecule has 1 amide bonds. The van der Waals surface area contributed by atoms with Crippen LogP contribution < -0.4 is 15.4 Å². The van der Waals surface area contributed by atoms with Crippen molar-refractivity contribution in [2.75, 3.05) is 25.6 Å². The molecular formula is C13H17ClN2O5. The predicted molar refractivity (Wildman–Crippen MR) is 77.8 cm³/mol. The molecule has 0 heterocycles. The molecule has 0 saturated carbocycles. The highest BCUT2D eigenvalue weighted by atomic mass is 35.5. The number of nitrogens with one attached hydrogen (secondary N) is 2. The zero-order valence-electron chi connectivity index (χ0n) is 11.4. The van der Waals surface area contributed by atoms with Gasteiger partial charge in [0.25, 0.3) is 0 Å². The lowest BCUT2D eigenvalue weighted by Crippen LogP contribution is -2.41. The number of carbonyl (C=O) groups is 2. The summed E-state index contributed by atoms with van der Waals surface area (Å²) >= 11 is 5.93. The van der Waals surface area contributed by atoms with Crippen LogP contribution in [0.4, 0.5) is 5.69 Å². The van der Waals surface area contributed by atoms with Gasteiger partial charge in [-0.25, -0.2) is 0 Å². The van der Waals surface area contributed by atoms with Gasteiger partial charge in [0.05, 0.1) is 25.2 Å². The van der Waals surface area contributed by atoms with Gasteiger partial charge in [-0.1, -0.05) is 11.6 Å². The highest BCUT2D eigenvalue weighted by molar-refractivity contribution is 6.32. The molecule has 0 saturated heterocycles. The summed E-state index contributed by atoms with van der Waals surface area (Å²) < 4.78 is 4.99. The zero-order valence-corrected chi connectivity index (χ0v) is 12.2. The third kappa shape index (κ3) is 5.58. The number of rotatable bonds is 8. The van der Waals surface area contributed by atoms with Crippen molar-refractivity contribution in [3.8, 4) is 5.75 Å². The molecule has 1 unspecified atom stereocenters. The Hall–Kier alpha value is -1.83. The summed E-state index contributed by atoms with van der Waals surface area (Å²) in [6.07, 6.45) is -0.265. The van der Waals surface area contributed by atoms with E-state index in [1.807, 2.05) is 0 Å². The van der Waals surface area contributed by atoms with Crippen molar-refractivity contribution in [2.24, 2.45) is 0 Å². The number of aliphatic hydroxyl groups excluding tert-OH is 1. The molecule has 8 heteroatoms. The van der Waals surface area contributed by atoms with Gasteiger partial charge in [-0.15, -0.1) is 0 Å². The van der Waals surface area contributed by atoms with Crippen molar-refractivity contribution in [3.63, 3.8) is 0 Å². The summed E-state index contributed by atoms with van der Waals surface area (Å²) in [5.74, 6) is -1.16. The molecule has 0 aliphatic carbocycles. The van der Waals surface area contributed by atoms with Crippen LogP contribution in [0.1, 0.15) is 6.42 Å². The second kappa shape index (κ2) is 8.46. The Morgan fingerprint density at radius 2 is 2.14 bits per heavy atom. The number of hydrogen-bond acceptors (Lipinski definition) is 5. The molecule has 0 aliphatic heterocycles. The number of anilines is 1. The molecule has 1 atom stereocenters. The Morgan fingerprint density at radius 1 is 1.43 bits per heavy atom. The maximum absolute atomic E-state index is 11.8. The first kappa shape index (κ1) is 17.2. The van der Waals surface area contributed by atoms with E-state index in [0.717, 1.165) is 0 Å². The third-order valence-corrected chi connectivity index (χ3v) is 2.92. The van der Waals surface area contributed by atoms with Crippen molar-refractivity contribution in [1.29, 1.82) is 0 Å². The Kier molecular flexibility index (Phi) is 6.93. The summed E-state index contributed by atoms with van der Waals surface area (Å²) in [5.41, 5.74) is 0.442. The first-order valence-electron chi connectivity index (χ1n) is 6.18. The number of carboxylic acid groups (broad SMARTS) is 1. The monoisotopic (exact) mass is 316 g/mol. The molecule has 0 fully saturated rings. The second-order valence-electron chi connectivity index (χ2n) is 4.17. The number of hydrogen-bond donors (Lipinski definition) is 4. The minimum Gasteiger partial charge on any atom is -0.495 e. The zero-order chi connectivity index (χ0) is 15.8. The van der Waals surface area contributed by atoms with Gasteiger partial charge in [0.1, 0.15) is 11.8 Å². The Labute approximate surface area is 126 Å². The highest BCUT2D eigenvalue weighted by Gasteiger charge is 2.20. The first-order chi connectivity index (χ1) is 9.97. The fourth-order valence-electron chi connectivity index (χ4n) is 1.63. The lowest BCUT2D eigenvalue weighted by atomic mass is 10.2. The SMILES string of the molecule is COc1ccc(NC(=O)CC(NCCO)C(=O)O)cc1Cl. The molecule has 21 heavy (non-hydrogen) atoms. The van der Waals surface area contributed by atoms with Crippen LogP contribution >= 0.6 is 11.6 Å². The molecule has 4 N–H and O–H groups in total. The molecule has 0 spiro atoms. The maximum atomic E-state index is 11.8. The van der Waals surface area contributed by atoms with E-state index < -0.39 is 17.9 Å². The van der Waals surface area contributed by atoms with E-state index in [0.29, 0.717) is 16.5 Å². The molecule has 0 aromatic heterocycles. The van der Waals surface area contributed by atoms with Gasteiger partial charge in [0.2, 0.25) is 5.91 Å². The minimum atomic E-state index is -1.16. The second-order valence-corrected chi connectivity index (χ2v) is 4.58. The van der Waals surface area contributed by atoms with Crippen LogP contribution in [0.15, 0.2) is 18.2 Å². The lowest BCUT2D eigenvalue weighted by Gasteiger charge is -2.14. The minimum absolute atomic E-state index is 0.0958. The van der Waals surface area contributed by atoms with E-state index in [2.05, 4.69) is 10.6 Å². The third-order valence-electron chi connectivity index (χ3n) is 2.63. The standard InChI is InChI=1S/C13H17ClN2O5/c1-21-11-3-2-8(6-9(11)14)16-12(18)7-10(13(19)20)15-4-5-17/h2-3,6,10,15,17H,4-5,7H2,1H3,(H,16,18)(H,19,20). The van der Waals surface area contributed by atoms with E-state index in [9.17, 15) is 9.59 Å². The largest absolute Gasteiger partial charge is 0.495 e. The van der Waals surface area contributed by atoms with Crippen LogP contribution in [0, 0.1) is 0 Å². The average molecular weight is 317 g/mol. The molecular weight excluding hydrogens is 300 g/mol. The van der Waals surface area contributed by atoms with Gasteiger partial charge in [-0.2, -0.15) is 0 Å². The van der Waals surface area contributed by atoms with Crippen LogP contribution in [-0.2, 0) is 9.59 Å². The van der Waals surface area contributed by atoms with Crippen molar-refractivity contribution >= 4 is 29.2 Å². The van der Waals surface area contributed by atoms with Crippen molar-refractivity contribution < 1.29 is 24.5 Å². The molecule has 1 aromatic rings. The number of amides is 1. The summed E-state index contributed by atoms with van der Waals surface area (Å²) in [5, 5.41) is 23.1.